The Kier molecular flexibility index (Phi) is 6.81. The number of methoxy groups -OCH3 is 1. The number of aryl methyl sites for hydroxylation is 1. The summed E-state index contributed by atoms with van der Waals surface area (Å²) < 4.78 is 5.21. The smallest absolute Gasteiger partial charge is 0.118 e. The lowest BCUT2D eigenvalue weighted by Gasteiger charge is -2.21. The summed E-state index contributed by atoms with van der Waals surface area (Å²) in [7, 11) is 1.72. The summed E-state index contributed by atoms with van der Waals surface area (Å²) in [4.78, 5) is 0. The van der Waals surface area contributed by atoms with E-state index in [1.54, 1.807) is 12.7 Å². The Balaban J connectivity index is 1.84. The normalized spacial score (nSPS) is 16.4. The molecule has 1 N–H and O–H groups in total. The van der Waals surface area contributed by atoms with Crippen molar-refractivity contribution in [2.45, 2.75) is 57.9 Å². The van der Waals surface area contributed by atoms with Crippen molar-refractivity contribution in [2.75, 3.05) is 13.7 Å². The van der Waals surface area contributed by atoms with Gasteiger partial charge in [0, 0.05) is 6.04 Å². The number of benzene rings is 1. The number of hydrogen-bond donors (Lipinski definition) is 1. The van der Waals surface area contributed by atoms with E-state index in [0.29, 0.717) is 6.04 Å². The molecular weight excluding hydrogens is 258 g/mol. The SMILES string of the molecule is CCNC(CCc1ccc(OC)cc1)CC1=CCCCC1. The van der Waals surface area contributed by atoms with Crippen molar-refractivity contribution in [3.63, 3.8) is 0 Å². The van der Waals surface area contributed by atoms with E-state index in [2.05, 4.69) is 42.6 Å². The second-order valence-corrected chi connectivity index (χ2v) is 5.95. The molecule has 0 bridgehead atoms. The average molecular weight is 287 g/mol. The number of allylic oxidation sites excluding steroid dienone is 1. The number of hydrogen-bond acceptors (Lipinski definition) is 2. The first kappa shape index (κ1) is 16.1. The lowest BCUT2D eigenvalue weighted by Crippen LogP contribution is -2.30. The van der Waals surface area contributed by atoms with Crippen LogP contribution in [0.15, 0.2) is 35.9 Å². The summed E-state index contributed by atoms with van der Waals surface area (Å²) in [6, 6.07) is 9.09. The number of rotatable bonds is 8. The second-order valence-electron chi connectivity index (χ2n) is 5.95. The van der Waals surface area contributed by atoms with Gasteiger partial charge in [-0.05, 0) is 69.2 Å². The molecule has 0 spiro atoms. The minimum absolute atomic E-state index is 0.612. The van der Waals surface area contributed by atoms with Crippen molar-refractivity contribution in [1.29, 1.82) is 0 Å². The fourth-order valence-electron chi connectivity index (χ4n) is 3.10. The third kappa shape index (κ3) is 5.55. The van der Waals surface area contributed by atoms with E-state index in [4.69, 9.17) is 4.74 Å². The summed E-state index contributed by atoms with van der Waals surface area (Å²) in [5.41, 5.74) is 3.07. The monoisotopic (exact) mass is 287 g/mol. The van der Waals surface area contributed by atoms with E-state index in [1.807, 2.05) is 0 Å². The van der Waals surface area contributed by atoms with Gasteiger partial charge in [-0.25, -0.2) is 0 Å². The molecule has 0 heterocycles. The molecule has 1 aromatic rings. The molecule has 116 valence electrons. The first-order chi connectivity index (χ1) is 10.3. The Bertz CT molecular complexity index is 435. The van der Waals surface area contributed by atoms with Gasteiger partial charge in [0.15, 0.2) is 0 Å². The molecule has 0 fully saturated rings. The maximum absolute atomic E-state index is 5.21. The zero-order chi connectivity index (χ0) is 14.9. The molecule has 0 aromatic heterocycles. The van der Waals surface area contributed by atoms with Crippen LogP contribution < -0.4 is 10.1 Å². The van der Waals surface area contributed by atoms with E-state index in [0.717, 1.165) is 18.7 Å². The lowest BCUT2D eigenvalue weighted by molar-refractivity contribution is 0.414. The average Bonchev–Trinajstić information content (AvgIpc) is 2.54. The van der Waals surface area contributed by atoms with Crippen LogP contribution in [-0.2, 0) is 6.42 Å². The van der Waals surface area contributed by atoms with Gasteiger partial charge in [0.2, 0.25) is 0 Å². The molecule has 1 unspecified atom stereocenters. The van der Waals surface area contributed by atoms with Gasteiger partial charge in [-0.1, -0.05) is 30.7 Å². The minimum atomic E-state index is 0.612. The predicted octanol–water partition coefficient (Wildman–Crippen LogP) is 4.50. The highest BCUT2D eigenvalue weighted by Crippen LogP contribution is 2.23. The van der Waals surface area contributed by atoms with Crippen LogP contribution in [0.5, 0.6) is 5.75 Å². The Hall–Kier alpha value is -1.28. The molecule has 1 aliphatic rings. The van der Waals surface area contributed by atoms with Gasteiger partial charge >= 0.3 is 0 Å². The highest BCUT2D eigenvalue weighted by Gasteiger charge is 2.12. The number of ether oxygens (including phenoxy) is 1. The lowest BCUT2D eigenvalue weighted by atomic mass is 9.92. The third-order valence-corrected chi connectivity index (χ3v) is 4.33. The van der Waals surface area contributed by atoms with Crippen molar-refractivity contribution in [3.8, 4) is 5.75 Å². The maximum atomic E-state index is 5.21. The quantitative estimate of drug-likeness (QED) is 0.711. The summed E-state index contributed by atoms with van der Waals surface area (Å²) >= 11 is 0. The summed E-state index contributed by atoms with van der Waals surface area (Å²) in [6.07, 6.45) is 11.4. The van der Waals surface area contributed by atoms with E-state index < -0.39 is 0 Å². The van der Waals surface area contributed by atoms with Gasteiger partial charge in [-0.15, -0.1) is 0 Å². The molecule has 0 amide bonds. The van der Waals surface area contributed by atoms with Gasteiger partial charge in [0.25, 0.3) is 0 Å². The summed E-state index contributed by atoms with van der Waals surface area (Å²) in [6.45, 7) is 3.26. The fourth-order valence-corrected chi connectivity index (χ4v) is 3.10. The molecule has 2 heteroatoms. The first-order valence-corrected chi connectivity index (χ1v) is 8.36. The molecule has 0 radical (unpaired) electrons. The Morgan fingerprint density at radius 2 is 2.00 bits per heavy atom. The van der Waals surface area contributed by atoms with Crippen LogP contribution >= 0.6 is 0 Å². The highest BCUT2D eigenvalue weighted by atomic mass is 16.5. The second kappa shape index (κ2) is 8.89. The fraction of sp³-hybridized carbons (Fsp3) is 0.579. The zero-order valence-corrected chi connectivity index (χ0v) is 13.5. The molecule has 1 aliphatic carbocycles. The van der Waals surface area contributed by atoms with Crippen LogP contribution in [0.2, 0.25) is 0 Å². The molecule has 1 atom stereocenters. The molecule has 2 rings (SSSR count). The van der Waals surface area contributed by atoms with Crippen molar-refractivity contribution < 1.29 is 4.74 Å². The van der Waals surface area contributed by atoms with Crippen LogP contribution in [0, 0.1) is 0 Å². The van der Waals surface area contributed by atoms with Crippen LogP contribution in [0.1, 0.15) is 51.0 Å². The van der Waals surface area contributed by atoms with Crippen molar-refractivity contribution in [2.24, 2.45) is 0 Å². The standard InChI is InChI=1S/C19H29NO/c1-3-20-18(15-17-7-5-4-6-8-17)12-9-16-10-13-19(21-2)14-11-16/h7,10-11,13-14,18,20H,3-6,8-9,12,15H2,1-2H3. The van der Waals surface area contributed by atoms with Crippen molar-refractivity contribution in [1.82, 2.24) is 5.32 Å². The highest BCUT2D eigenvalue weighted by molar-refractivity contribution is 5.27. The summed E-state index contributed by atoms with van der Waals surface area (Å²) in [5.74, 6) is 0.939. The van der Waals surface area contributed by atoms with Crippen LogP contribution in [0.25, 0.3) is 0 Å². The van der Waals surface area contributed by atoms with Gasteiger partial charge < -0.3 is 10.1 Å². The van der Waals surface area contributed by atoms with E-state index in [-0.39, 0.29) is 0 Å². The topological polar surface area (TPSA) is 21.3 Å². The van der Waals surface area contributed by atoms with E-state index in [1.165, 1.54) is 44.1 Å². The molecule has 0 saturated heterocycles. The van der Waals surface area contributed by atoms with Gasteiger partial charge in [0.05, 0.1) is 7.11 Å². The van der Waals surface area contributed by atoms with Crippen LogP contribution in [-0.4, -0.2) is 19.7 Å². The third-order valence-electron chi connectivity index (χ3n) is 4.33. The molecule has 2 nitrogen and oxygen atoms in total. The van der Waals surface area contributed by atoms with Crippen LogP contribution in [0.3, 0.4) is 0 Å². The Morgan fingerprint density at radius 3 is 2.62 bits per heavy atom. The predicted molar refractivity (Wildman–Crippen MR) is 89.9 cm³/mol. The van der Waals surface area contributed by atoms with Crippen molar-refractivity contribution >= 4 is 0 Å². The van der Waals surface area contributed by atoms with E-state index >= 15 is 0 Å². The minimum Gasteiger partial charge on any atom is -0.497 e. The van der Waals surface area contributed by atoms with Gasteiger partial charge in [-0.2, -0.15) is 0 Å². The Labute approximate surface area is 129 Å². The molecular formula is C19H29NO. The Morgan fingerprint density at radius 1 is 1.19 bits per heavy atom. The van der Waals surface area contributed by atoms with Crippen LogP contribution in [0.4, 0.5) is 0 Å². The van der Waals surface area contributed by atoms with E-state index in [9.17, 15) is 0 Å². The molecule has 1 aromatic carbocycles. The molecule has 0 aliphatic heterocycles. The molecule has 0 saturated carbocycles. The number of nitrogens with one attached hydrogen (secondary N) is 1. The van der Waals surface area contributed by atoms with Gasteiger partial charge in [0.1, 0.15) is 5.75 Å². The maximum Gasteiger partial charge on any atom is 0.118 e. The largest absolute Gasteiger partial charge is 0.497 e. The zero-order valence-electron chi connectivity index (χ0n) is 13.5. The van der Waals surface area contributed by atoms with Gasteiger partial charge in [-0.3, -0.25) is 0 Å². The summed E-state index contributed by atoms with van der Waals surface area (Å²) in [5, 5.41) is 3.66. The first-order valence-electron chi connectivity index (χ1n) is 8.36. The van der Waals surface area contributed by atoms with Crippen molar-refractivity contribution in [3.05, 3.63) is 41.5 Å². The molecule has 21 heavy (non-hydrogen) atoms.